The number of hydrogen-bond donors (Lipinski definition) is 2. The molecule has 0 aliphatic carbocycles. The van der Waals surface area contributed by atoms with Gasteiger partial charge in [0.15, 0.2) is 6.61 Å². The second-order valence-corrected chi connectivity index (χ2v) is 6.34. The van der Waals surface area contributed by atoms with Crippen molar-refractivity contribution < 1.29 is 13.2 Å². The van der Waals surface area contributed by atoms with E-state index in [4.69, 9.17) is 10.00 Å². The number of ether oxygens (including phenoxy) is 1. The molecule has 0 fully saturated rings. The van der Waals surface area contributed by atoms with Gasteiger partial charge in [0.1, 0.15) is 11.8 Å². The molecule has 19 heavy (non-hydrogen) atoms. The monoisotopic (exact) mass is 283 g/mol. The smallest absolute Gasteiger partial charge is 0.299 e. The average molecular weight is 283 g/mol. The summed E-state index contributed by atoms with van der Waals surface area (Å²) >= 11 is 0. The molecule has 0 radical (unpaired) electrons. The van der Waals surface area contributed by atoms with E-state index in [9.17, 15) is 8.42 Å². The van der Waals surface area contributed by atoms with Gasteiger partial charge in [-0.3, -0.25) is 4.72 Å². The largest absolute Gasteiger partial charge is 0.479 e. The van der Waals surface area contributed by atoms with Crippen molar-refractivity contribution in [1.82, 2.24) is 4.72 Å². The highest BCUT2D eigenvalue weighted by molar-refractivity contribution is 7.90. The van der Waals surface area contributed by atoms with E-state index in [0.717, 1.165) is 0 Å². The van der Waals surface area contributed by atoms with E-state index in [1.54, 1.807) is 45.0 Å². The molecule has 1 rings (SSSR count). The summed E-state index contributed by atoms with van der Waals surface area (Å²) in [6.07, 6.45) is 0. The van der Waals surface area contributed by atoms with Crippen molar-refractivity contribution in [3.05, 3.63) is 24.3 Å². The zero-order valence-electron chi connectivity index (χ0n) is 11.1. The number of benzene rings is 1. The number of nitrogens with zero attached hydrogens (tertiary/aromatic N) is 1. The fraction of sp³-hybridized carbons (Fsp3) is 0.417. The topological polar surface area (TPSA) is 91.2 Å². The van der Waals surface area contributed by atoms with Crippen LogP contribution in [0.2, 0.25) is 0 Å². The summed E-state index contributed by atoms with van der Waals surface area (Å²) in [6, 6.07) is 8.16. The maximum Gasteiger partial charge on any atom is 0.299 e. The SMILES string of the molecule is CC(C)(C)NS(=O)(=O)Nc1ccc(OCC#N)cc1. The fourth-order valence-electron chi connectivity index (χ4n) is 1.32. The molecule has 0 unspecified atom stereocenters. The zero-order valence-corrected chi connectivity index (χ0v) is 11.9. The molecule has 0 aliphatic rings. The lowest BCUT2D eigenvalue weighted by molar-refractivity contribution is 0.368. The van der Waals surface area contributed by atoms with Crippen molar-refractivity contribution in [1.29, 1.82) is 5.26 Å². The molecule has 0 saturated heterocycles. The van der Waals surface area contributed by atoms with E-state index in [0.29, 0.717) is 11.4 Å². The molecule has 2 N–H and O–H groups in total. The highest BCUT2D eigenvalue weighted by Gasteiger charge is 2.19. The van der Waals surface area contributed by atoms with E-state index >= 15 is 0 Å². The van der Waals surface area contributed by atoms with E-state index in [1.807, 2.05) is 6.07 Å². The Hall–Kier alpha value is -1.78. The second-order valence-electron chi connectivity index (χ2n) is 4.93. The molecule has 0 aromatic heterocycles. The molecule has 0 heterocycles. The van der Waals surface area contributed by atoms with Gasteiger partial charge in [-0.25, -0.2) is 0 Å². The number of rotatable bonds is 5. The molecular formula is C12H17N3O3S. The third-order valence-electron chi connectivity index (χ3n) is 1.85. The number of anilines is 1. The number of nitriles is 1. The Morgan fingerprint density at radius 3 is 2.32 bits per heavy atom. The summed E-state index contributed by atoms with van der Waals surface area (Å²) in [5, 5.41) is 8.37. The fourth-order valence-corrected chi connectivity index (χ4v) is 2.62. The predicted octanol–water partition coefficient (Wildman–Crippen LogP) is 1.63. The van der Waals surface area contributed by atoms with Crippen molar-refractivity contribution in [2.75, 3.05) is 11.3 Å². The summed E-state index contributed by atoms with van der Waals surface area (Å²) < 4.78 is 33.5. The first-order valence-corrected chi connectivity index (χ1v) is 7.12. The molecule has 0 spiro atoms. The Morgan fingerprint density at radius 1 is 1.26 bits per heavy atom. The Balaban J connectivity index is 2.70. The van der Waals surface area contributed by atoms with Gasteiger partial charge in [-0.1, -0.05) is 0 Å². The van der Waals surface area contributed by atoms with E-state index < -0.39 is 15.7 Å². The minimum absolute atomic E-state index is 0.0450. The molecule has 6 nitrogen and oxygen atoms in total. The first-order valence-electron chi connectivity index (χ1n) is 5.63. The lowest BCUT2D eigenvalue weighted by Gasteiger charge is -2.20. The van der Waals surface area contributed by atoms with Gasteiger partial charge in [-0.15, -0.1) is 0 Å². The van der Waals surface area contributed by atoms with Crippen LogP contribution in [0.1, 0.15) is 20.8 Å². The van der Waals surface area contributed by atoms with Crippen LogP contribution in [0.25, 0.3) is 0 Å². The Kier molecular flexibility index (Phi) is 4.75. The van der Waals surface area contributed by atoms with Crippen LogP contribution in [0.4, 0.5) is 5.69 Å². The lowest BCUT2D eigenvalue weighted by Crippen LogP contribution is -2.43. The van der Waals surface area contributed by atoms with Crippen LogP contribution in [0.5, 0.6) is 5.75 Å². The standard InChI is InChI=1S/C12H17N3O3S/c1-12(2,3)15-19(16,17)14-10-4-6-11(7-5-10)18-9-8-13/h4-7,14-15H,9H2,1-3H3. The van der Waals surface area contributed by atoms with Gasteiger partial charge in [0.25, 0.3) is 10.2 Å². The summed E-state index contributed by atoms with van der Waals surface area (Å²) in [6.45, 7) is 5.22. The van der Waals surface area contributed by atoms with Crippen LogP contribution in [0.15, 0.2) is 24.3 Å². The minimum Gasteiger partial charge on any atom is -0.479 e. The van der Waals surface area contributed by atoms with E-state index in [1.165, 1.54) is 0 Å². The van der Waals surface area contributed by atoms with Gasteiger partial charge in [0, 0.05) is 5.54 Å². The average Bonchev–Trinajstić information content (AvgIpc) is 2.24. The molecule has 104 valence electrons. The third kappa shape index (κ3) is 6.08. The first kappa shape index (κ1) is 15.3. The predicted molar refractivity (Wildman–Crippen MR) is 73.0 cm³/mol. The molecule has 1 aromatic carbocycles. The Labute approximate surface area is 113 Å². The van der Waals surface area contributed by atoms with E-state index in [2.05, 4.69) is 9.44 Å². The van der Waals surface area contributed by atoms with Crippen LogP contribution in [0, 0.1) is 11.3 Å². The molecule has 7 heteroatoms. The van der Waals surface area contributed by atoms with Gasteiger partial charge in [-0.05, 0) is 45.0 Å². The molecule has 0 saturated carbocycles. The minimum atomic E-state index is -3.62. The molecule has 0 amide bonds. The molecule has 0 aliphatic heterocycles. The quantitative estimate of drug-likeness (QED) is 0.859. The van der Waals surface area contributed by atoms with Crippen LogP contribution in [-0.2, 0) is 10.2 Å². The highest BCUT2D eigenvalue weighted by atomic mass is 32.2. The van der Waals surface area contributed by atoms with Crippen molar-refractivity contribution in [2.24, 2.45) is 0 Å². The maximum atomic E-state index is 11.8. The molecule has 1 aromatic rings. The highest BCUT2D eigenvalue weighted by Crippen LogP contribution is 2.16. The van der Waals surface area contributed by atoms with Crippen LogP contribution >= 0.6 is 0 Å². The summed E-state index contributed by atoms with van der Waals surface area (Å²) in [7, 11) is -3.62. The summed E-state index contributed by atoms with van der Waals surface area (Å²) in [5.74, 6) is 0.508. The first-order chi connectivity index (χ1) is 8.72. The van der Waals surface area contributed by atoms with Crippen LogP contribution in [-0.4, -0.2) is 20.6 Å². The number of nitrogens with one attached hydrogen (secondary N) is 2. The van der Waals surface area contributed by atoms with Crippen molar-refractivity contribution in [3.63, 3.8) is 0 Å². The van der Waals surface area contributed by atoms with Gasteiger partial charge in [0.05, 0.1) is 5.69 Å². The van der Waals surface area contributed by atoms with E-state index in [-0.39, 0.29) is 6.61 Å². The van der Waals surface area contributed by atoms with Crippen LogP contribution in [0.3, 0.4) is 0 Å². The Morgan fingerprint density at radius 2 is 1.84 bits per heavy atom. The van der Waals surface area contributed by atoms with Gasteiger partial charge in [-0.2, -0.15) is 18.4 Å². The third-order valence-corrected chi connectivity index (χ3v) is 3.24. The molecule has 0 bridgehead atoms. The Bertz CT molecular complexity index is 553. The van der Waals surface area contributed by atoms with Crippen molar-refractivity contribution >= 4 is 15.9 Å². The van der Waals surface area contributed by atoms with Crippen molar-refractivity contribution in [2.45, 2.75) is 26.3 Å². The zero-order chi connectivity index (χ0) is 14.5. The normalized spacial score (nSPS) is 11.7. The second kappa shape index (κ2) is 5.91. The molecule has 0 atom stereocenters. The molecular weight excluding hydrogens is 266 g/mol. The van der Waals surface area contributed by atoms with Gasteiger partial charge < -0.3 is 4.74 Å². The summed E-state index contributed by atoms with van der Waals surface area (Å²) in [4.78, 5) is 0. The lowest BCUT2D eigenvalue weighted by atomic mass is 10.1. The maximum absolute atomic E-state index is 11.8. The number of hydrogen-bond acceptors (Lipinski definition) is 4. The van der Waals surface area contributed by atoms with Crippen LogP contribution < -0.4 is 14.2 Å². The summed E-state index contributed by atoms with van der Waals surface area (Å²) in [5.41, 5.74) is -0.136. The van der Waals surface area contributed by atoms with Crippen molar-refractivity contribution in [3.8, 4) is 11.8 Å². The van der Waals surface area contributed by atoms with Gasteiger partial charge in [0.2, 0.25) is 0 Å². The van der Waals surface area contributed by atoms with Gasteiger partial charge >= 0.3 is 0 Å².